The molecule has 5 nitrogen and oxygen atoms in total. The SMILES string of the molecule is COc1cccc(N2CCN(c3cc(C4CCC4)ncn3)CC2)c1. The Balaban J connectivity index is 1.42. The molecule has 2 aromatic rings. The fraction of sp³-hybridized carbons (Fsp3) is 0.474. The van der Waals surface area contributed by atoms with Crippen molar-refractivity contribution in [2.24, 2.45) is 0 Å². The minimum absolute atomic E-state index is 0.657. The first kappa shape index (κ1) is 15.2. The van der Waals surface area contributed by atoms with Crippen LogP contribution in [0.3, 0.4) is 0 Å². The highest BCUT2D eigenvalue weighted by Crippen LogP contribution is 2.36. The van der Waals surface area contributed by atoms with Gasteiger partial charge in [0.2, 0.25) is 0 Å². The molecule has 0 atom stereocenters. The fourth-order valence-electron chi connectivity index (χ4n) is 3.46. The minimum atomic E-state index is 0.657. The first-order valence-electron chi connectivity index (χ1n) is 8.79. The Labute approximate surface area is 143 Å². The predicted octanol–water partition coefficient (Wildman–Crippen LogP) is 3.08. The molecule has 0 unspecified atom stereocenters. The Morgan fingerprint density at radius 2 is 1.79 bits per heavy atom. The van der Waals surface area contributed by atoms with E-state index in [1.54, 1.807) is 13.4 Å². The van der Waals surface area contributed by atoms with Gasteiger partial charge < -0.3 is 14.5 Å². The fourth-order valence-corrected chi connectivity index (χ4v) is 3.46. The van der Waals surface area contributed by atoms with Crippen LogP contribution in [0.2, 0.25) is 0 Å². The summed E-state index contributed by atoms with van der Waals surface area (Å²) >= 11 is 0. The van der Waals surface area contributed by atoms with Crippen molar-refractivity contribution >= 4 is 11.5 Å². The number of piperazine rings is 1. The number of ether oxygens (including phenoxy) is 1. The lowest BCUT2D eigenvalue weighted by molar-refractivity contribution is 0.410. The van der Waals surface area contributed by atoms with E-state index in [9.17, 15) is 0 Å². The molecule has 0 bridgehead atoms. The van der Waals surface area contributed by atoms with Crippen LogP contribution in [0.1, 0.15) is 30.9 Å². The maximum atomic E-state index is 5.33. The molecule has 0 radical (unpaired) electrons. The van der Waals surface area contributed by atoms with Crippen molar-refractivity contribution in [3.05, 3.63) is 42.4 Å². The summed E-state index contributed by atoms with van der Waals surface area (Å²) in [5.74, 6) is 2.65. The first-order chi connectivity index (χ1) is 11.8. The second-order valence-electron chi connectivity index (χ2n) is 6.60. The summed E-state index contributed by atoms with van der Waals surface area (Å²) in [6.07, 6.45) is 5.63. The van der Waals surface area contributed by atoms with Gasteiger partial charge in [0.05, 0.1) is 7.11 Å². The zero-order chi connectivity index (χ0) is 16.4. The van der Waals surface area contributed by atoms with Crippen LogP contribution in [0.5, 0.6) is 5.75 Å². The monoisotopic (exact) mass is 324 g/mol. The summed E-state index contributed by atoms with van der Waals surface area (Å²) in [6, 6.07) is 10.5. The third-order valence-corrected chi connectivity index (χ3v) is 5.22. The van der Waals surface area contributed by atoms with Gasteiger partial charge in [-0.2, -0.15) is 0 Å². The van der Waals surface area contributed by atoms with Crippen molar-refractivity contribution in [1.82, 2.24) is 9.97 Å². The summed E-state index contributed by atoms with van der Waals surface area (Å²) in [7, 11) is 1.71. The van der Waals surface area contributed by atoms with E-state index in [1.165, 1.54) is 30.6 Å². The van der Waals surface area contributed by atoms with E-state index in [2.05, 4.69) is 44.0 Å². The van der Waals surface area contributed by atoms with Crippen molar-refractivity contribution < 1.29 is 4.74 Å². The average molecular weight is 324 g/mol. The number of hydrogen-bond acceptors (Lipinski definition) is 5. The molecule has 1 aliphatic carbocycles. The van der Waals surface area contributed by atoms with Gasteiger partial charge in [0, 0.05) is 55.6 Å². The van der Waals surface area contributed by atoms with Gasteiger partial charge in [-0.15, -0.1) is 0 Å². The van der Waals surface area contributed by atoms with Gasteiger partial charge in [0.15, 0.2) is 0 Å². The molecular weight excluding hydrogens is 300 g/mol. The third kappa shape index (κ3) is 3.03. The van der Waals surface area contributed by atoms with Crippen molar-refractivity contribution in [2.75, 3.05) is 43.1 Å². The zero-order valence-electron chi connectivity index (χ0n) is 14.2. The molecule has 24 heavy (non-hydrogen) atoms. The number of benzene rings is 1. The van der Waals surface area contributed by atoms with Crippen molar-refractivity contribution in [1.29, 1.82) is 0 Å². The van der Waals surface area contributed by atoms with Gasteiger partial charge in [-0.3, -0.25) is 0 Å². The van der Waals surface area contributed by atoms with E-state index >= 15 is 0 Å². The molecule has 0 amide bonds. The highest BCUT2D eigenvalue weighted by molar-refractivity contribution is 5.52. The van der Waals surface area contributed by atoms with Gasteiger partial charge in [-0.25, -0.2) is 9.97 Å². The zero-order valence-corrected chi connectivity index (χ0v) is 14.2. The predicted molar refractivity (Wildman–Crippen MR) is 96.0 cm³/mol. The molecule has 1 saturated heterocycles. The second kappa shape index (κ2) is 6.67. The molecule has 1 saturated carbocycles. The number of hydrogen-bond donors (Lipinski definition) is 0. The Kier molecular flexibility index (Phi) is 4.24. The summed E-state index contributed by atoms with van der Waals surface area (Å²) in [5.41, 5.74) is 2.45. The molecule has 2 aliphatic rings. The Bertz CT molecular complexity index is 693. The molecule has 5 heteroatoms. The van der Waals surface area contributed by atoms with E-state index in [1.807, 2.05) is 6.07 Å². The van der Waals surface area contributed by atoms with Gasteiger partial charge in [-0.05, 0) is 25.0 Å². The van der Waals surface area contributed by atoms with E-state index < -0.39 is 0 Å². The van der Waals surface area contributed by atoms with Crippen molar-refractivity contribution in [3.63, 3.8) is 0 Å². The molecular formula is C19H24N4O. The number of nitrogens with zero attached hydrogens (tertiary/aromatic N) is 4. The second-order valence-corrected chi connectivity index (χ2v) is 6.60. The number of anilines is 2. The van der Waals surface area contributed by atoms with Crippen LogP contribution in [0.25, 0.3) is 0 Å². The van der Waals surface area contributed by atoms with Crippen molar-refractivity contribution in [3.8, 4) is 5.75 Å². The van der Waals surface area contributed by atoms with Gasteiger partial charge in [0.25, 0.3) is 0 Å². The van der Waals surface area contributed by atoms with Crippen LogP contribution in [-0.2, 0) is 0 Å². The van der Waals surface area contributed by atoms with Gasteiger partial charge in [-0.1, -0.05) is 12.5 Å². The number of rotatable bonds is 4. The van der Waals surface area contributed by atoms with E-state index in [0.717, 1.165) is 37.7 Å². The van der Waals surface area contributed by atoms with Gasteiger partial charge >= 0.3 is 0 Å². The van der Waals surface area contributed by atoms with Crippen LogP contribution in [0.4, 0.5) is 11.5 Å². The van der Waals surface area contributed by atoms with E-state index in [0.29, 0.717) is 5.92 Å². The summed E-state index contributed by atoms with van der Waals surface area (Å²) in [5, 5.41) is 0. The topological polar surface area (TPSA) is 41.5 Å². The molecule has 2 fully saturated rings. The highest BCUT2D eigenvalue weighted by Gasteiger charge is 2.23. The van der Waals surface area contributed by atoms with Crippen LogP contribution < -0.4 is 14.5 Å². The summed E-state index contributed by atoms with van der Waals surface area (Å²) in [4.78, 5) is 13.8. The Morgan fingerprint density at radius 3 is 2.50 bits per heavy atom. The largest absolute Gasteiger partial charge is 0.497 e. The van der Waals surface area contributed by atoms with Crippen LogP contribution in [-0.4, -0.2) is 43.3 Å². The molecule has 0 N–H and O–H groups in total. The lowest BCUT2D eigenvalue weighted by Gasteiger charge is -2.37. The number of methoxy groups -OCH3 is 1. The molecule has 126 valence electrons. The van der Waals surface area contributed by atoms with Crippen molar-refractivity contribution in [2.45, 2.75) is 25.2 Å². The lowest BCUT2D eigenvalue weighted by atomic mass is 9.83. The van der Waals surface area contributed by atoms with E-state index in [4.69, 9.17) is 4.74 Å². The van der Waals surface area contributed by atoms with Crippen LogP contribution in [0, 0.1) is 0 Å². The number of aromatic nitrogens is 2. The maximum absolute atomic E-state index is 5.33. The molecule has 1 aliphatic heterocycles. The molecule has 0 spiro atoms. The van der Waals surface area contributed by atoms with Crippen LogP contribution >= 0.6 is 0 Å². The van der Waals surface area contributed by atoms with E-state index in [-0.39, 0.29) is 0 Å². The molecule has 2 heterocycles. The molecule has 1 aromatic heterocycles. The molecule has 4 rings (SSSR count). The quantitative estimate of drug-likeness (QED) is 0.864. The van der Waals surface area contributed by atoms with Crippen LogP contribution in [0.15, 0.2) is 36.7 Å². The highest BCUT2D eigenvalue weighted by atomic mass is 16.5. The van der Waals surface area contributed by atoms with Gasteiger partial charge in [0.1, 0.15) is 17.9 Å². The minimum Gasteiger partial charge on any atom is -0.497 e. The lowest BCUT2D eigenvalue weighted by Crippen LogP contribution is -2.46. The Hall–Kier alpha value is -2.30. The standard InChI is InChI=1S/C19H24N4O/c1-24-17-7-3-6-16(12-17)22-8-10-23(11-9-22)19-13-18(20-14-21-19)15-4-2-5-15/h3,6-7,12-15H,2,4-5,8-11H2,1H3. The average Bonchev–Trinajstić information content (AvgIpc) is 2.61. The maximum Gasteiger partial charge on any atom is 0.132 e. The smallest absolute Gasteiger partial charge is 0.132 e. The third-order valence-electron chi connectivity index (χ3n) is 5.22. The Morgan fingerprint density at radius 1 is 1.00 bits per heavy atom. The summed E-state index contributed by atoms with van der Waals surface area (Å²) in [6.45, 7) is 3.96. The normalized spacial score (nSPS) is 18.4. The summed E-state index contributed by atoms with van der Waals surface area (Å²) < 4.78 is 5.33. The molecule has 1 aromatic carbocycles. The first-order valence-corrected chi connectivity index (χ1v) is 8.79.